The van der Waals surface area contributed by atoms with Crippen LogP contribution in [0.2, 0.25) is 5.15 Å². The van der Waals surface area contributed by atoms with Gasteiger partial charge < -0.3 is 4.74 Å². The van der Waals surface area contributed by atoms with E-state index in [-0.39, 0.29) is 11.0 Å². The Labute approximate surface area is 114 Å². The maximum atomic E-state index is 12.5. The lowest BCUT2D eigenvalue weighted by molar-refractivity contribution is -0.168. The number of halogens is 6. The molecule has 1 aromatic heterocycles. The molecule has 3 nitrogen and oxygen atoms in total. The largest absolute Gasteiger partial charge is 0.367 e. The number of aromatic nitrogens is 2. The van der Waals surface area contributed by atoms with Crippen molar-refractivity contribution in [2.45, 2.75) is 25.9 Å². The third-order valence-corrected chi connectivity index (χ3v) is 3.32. The van der Waals surface area contributed by atoms with Gasteiger partial charge in [-0.2, -0.15) is 8.78 Å². The number of aryl methyl sites for hydroxylation is 1. The summed E-state index contributed by atoms with van der Waals surface area (Å²) in [4.78, 5) is 7.65. The van der Waals surface area contributed by atoms with Gasteiger partial charge in [0.2, 0.25) is 0 Å². The maximum absolute atomic E-state index is 12.5. The van der Waals surface area contributed by atoms with Crippen LogP contribution in [0, 0.1) is 6.92 Å². The SMILES string of the molecule is Cc1nc(COCC(F)(F)C(F)F)nc(Cl)c1Br. The van der Waals surface area contributed by atoms with Gasteiger partial charge in [-0.3, -0.25) is 0 Å². The molecular weight excluding hydrogens is 343 g/mol. The molecule has 0 radical (unpaired) electrons. The minimum absolute atomic E-state index is 0.0470. The van der Waals surface area contributed by atoms with Crippen LogP contribution >= 0.6 is 27.5 Å². The van der Waals surface area contributed by atoms with E-state index in [0.717, 1.165) is 0 Å². The van der Waals surface area contributed by atoms with Crippen molar-refractivity contribution in [1.82, 2.24) is 9.97 Å². The molecule has 1 heterocycles. The Hall–Kier alpha value is -0.470. The number of nitrogens with zero attached hydrogens (tertiary/aromatic N) is 2. The van der Waals surface area contributed by atoms with Crippen LogP contribution in [0.1, 0.15) is 11.5 Å². The Morgan fingerprint density at radius 1 is 1.39 bits per heavy atom. The summed E-state index contributed by atoms with van der Waals surface area (Å²) in [6, 6.07) is 0. The molecule has 0 fully saturated rings. The first-order chi connectivity index (χ1) is 8.24. The molecule has 0 aliphatic rings. The molecule has 0 spiro atoms. The number of alkyl halides is 4. The molecule has 0 saturated heterocycles. The molecule has 0 unspecified atom stereocenters. The van der Waals surface area contributed by atoms with Crippen molar-refractivity contribution in [1.29, 1.82) is 0 Å². The van der Waals surface area contributed by atoms with Gasteiger partial charge in [0.05, 0.1) is 10.2 Å². The average Bonchev–Trinajstić information content (AvgIpc) is 2.25. The van der Waals surface area contributed by atoms with Crippen LogP contribution in [0.3, 0.4) is 0 Å². The summed E-state index contributed by atoms with van der Waals surface area (Å²) in [7, 11) is 0. The molecule has 1 aromatic rings. The molecule has 1 rings (SSSR count). The van der Waals surface area contributed by atoms with Crippen molar-refractivity contribution in [3.63, 3.8) is 0 Å². The first-order valence-corrected chi connectivity index (χ1v) is 5.83. The predicted molar refractivity (Wildman–Crippen MR) is 60.1 cm³/mol. The van der Waals surface area contributed by atoms with E-state index in [0.29, 0.717) is 10.2 Å². The second kappa shape index (κ2) is 6.12. The minimum Gasteiger partial charge on any atom is -0.367 e. The lowest BCUT2D eigenvalue weighted by Crippen LogP contribution is -2.32. The van der Waals surface area contributed by atoms with Gasteiger partial charge in [0.25, 0.3) is 0 Å². The topological polar surface area (TPSA) is 35.0 Å². The van der Waals surface area contributed by atoms with E-state index in [1.54, 1.807) is 6.92 Å². The monoisotopic (exact) mass is 350 g/mol. The predicted octanol–water partition coefficient (Wildman–Crippen LogP) is 3.62. The summed E-state index contributed by atoms with van der Waals surface area (Å²) >= 11 is 8.83. The Morgan fingerprint density at radius 3 is 2.50 bits per heavy atom. The molecular formula is C9H8BrClF4N2O. The minimum atomic E-state index is -4.19. The van der Waals surface area contributed by atoms with Crippen molar-refractivity contribution in [3.8, 4) is 0 Å². The van der Waals surface area contributed by atoms with E-state index < -0.39 is 25.6 Å². The van der Waals surface area contributed by atoms with E-state index >= 15 is 0 Å². The van der Waals surface area contributed by atoms with Crippen molar-refractivity contribution >= 4 is 27.5 Å². The first-order valence-electron chi connectivity index (χ1n) is 4.66. The van der Waals surface area contributed by atoms with E-state index in [4.69, 9.17) is 11.6 Å². The second-order valence-corrected chi connectivity index (χ2v) is 4.54. The zero-order valence-electron chi connectivity index (χ0n) is 9.06. The Bertz CT molecular complexity index is 410. The van der Waals surface area contributed by atoms with Crippen LogP contribution in [0.15, 0.2) is 4.47 Å². The third-order valence-electron chi connectivity index (χ3n) is 1.87. The fourth-order valence-corrected chi connectivity index (χ4v) is 1.40. The van der Waals surface area contributed by atoms with E-state index in [2.05, 4.69) is 30.6 Å². The lowest BCUT2D eigenvalue weighted by Gasteiger charge is -2.14. The van der Waals surface area contributed by atoms with Gasteiger partial charge in [0.15, 0.2) is 5.82 Å². The molecule has 0 aromatic carbocycles. The quantitative estimate of drug-likeness (QED) is 0.600. The number of hydrogen-bond donors (Lipinski definition) is 0. The molecule has 9 heteroatoms. The molecule has 0 N–H and O–H groups in total. The van der Waals surface area contributed by atoms with E-state index in [9.17, 15) is 17.6 Å². The van der Waals surface area contributed by atoms with Gasteiger partial charge in [-0.1, -0.05) is 11.6 Å². The van der Waals surface area contributed by atoms with Gasteiger partial charge in [-0.15, -0.1) is 0 Å². The van der Waals surface area contributed by atoms with Crippen LogP contribution < -0.4 is 0 Å². The second-order valence-electron chi connectivity index (χ2n) is 3.38. The number of ether oxygens (including phenoxy) is 1. The normalized spacial score (nSPS) is 12.2. The Kier molecular flexibility index (Phi) is 5.30. The number of hydrogen-bond acceptors (Lipinski definition) is 3. The summed E-state index contributed by atoms with van der Waals surface area (Å²) in [5.41, 5.74) is 0.495. The highest BCUT2D eigenvalue weighted by atomic mass is 79.9. The summed E-state index contributed by atoms with van der Waals surface area (Å²) in [6.45, 7) is -0.203. The Balaban J connectivity index is 2.60. The zero-order valence-corrected chi connectivity index (χ0v) is 11.4. The third kappa shape index (κ3) is 4.03. The van der Waals surface area contributed by atoms with Crippen molar-refractivity contribution < 1.29 is 22.3 Å². The Morgan fingerprint density at radius 2 is 2.00 bits per heavy atom. The fraction of sp³-hybridized carbons (Fsp3) is 0.556. The summed E-state index contributed by atoms with van der Waals surface area (Å²) in [5.74, 6) is -4.14. The van der Waals surface area contributed by atoms with E-state index in [1.165, 1.54) is 0 Å². The molecule has 0 bridgehead atoms. The highest BCUT2D eigenvalue weighted by Crippen LogP contribution is 2.24. The highest BCUT2D eigenvalue weighted by Gasteiger charge is 2.41. The number of rotatable bonds is 5. The highest BCUT2D eigenvalue weighted by molar-refractivity contribution is 9.10. The summed E-state index contributed by atoms with van der Waals surface area (Å²) < 4.78 is 53.7. The maximum Gasteiger partial charge on any atom is 0.330 e. The molecule has 0 aliphatic carbocycles. The smallest absolute Gasteiger partial charge is 0.330 e. The van der Waals surface area contributed by atoms with Gasteiger partial charge >= 0.3 is 12.3 Å². The standard InChI is InChI=1S/C9H8BrClF4N2O/c1-4-6(10)7(11)17-5(16-4)2-18-3-9(14,15)8(12)13/h8H,2-3H2,1H3. The van der Waals surface area contributed by atoms with Crippen LogP contribution in [-0.2, 0) is 11.3 Å². The zero-order chi connectivity index (χ0) is 13.9. The van der Waals surface area contributed by atoms with Crippen molar-refractivity contribution in [2.24, 2.45) is 0 Å². The summed E-state index contributed by atoms with van der Waals surface area (Å²) in [5, 5.41) is 0.0988. The van der Waals surface area contributed by atoms with Crippen LogP contribution in [0.25, 0.3) is 0 Å². The molecule has 0 amide bonds. The molecule has 18 heavy (non-hydrogen) atoms. The van der Waals surface area contributed by atoms with Crippen LogP contribution in [-0.4, -0.2) is 28.9 Å². The van der Waals surface area contributed by atoms with Crippen molar-refractivity contribution in [2.75, 3.05) is 6.61 Å². The summed E-state index contributed by atoms with van der Waals surface area (Å²) in [6.07, 6.45) is -3.77. The first kappa shape index (κ1) is 15.6. The van der Waals surface area contributed by atoms with Crippen LogP contribution in [0.4, 0.5) is 17.6 Å². The van der Waals surface area contributed by atoms with Gasteiger partial charge in [0.1, 0.15) is 18.4 Å². The molecule has 0 aliphatic heterocycles. The van der Waals surface area contributed by atoms with Gasteiger partial charge in [0, 0.05) is 0 Å². The van der Waals surface area contributed by atoms with Gasteiger partial charge in [-0.05, 0) is 22.9 Å². The van der Waals surface area contributed by atoms with Crippen LogP contribution in [0.5, 0.6) is 0 Å². The molecule has 102 valence electrons. The lowest BCUT2D eigenvalue weighted by atomic mass is 10.4. The van der Waals surface area contributed by atoms with E-state index in [1.807, 2.05) is 0 Å². The fourth-order valence-electron chi connectivity index (χ4n) is 0.985. The molecule has 0 atom stereocenters. The average molecular weight is 352 g/mol. The molecule has 0 saturated carbocycles. The van der Waals surface area contributed by atoms with Crippen molar-refractivity contribution in [3.05, 3.63) is 21.1 Å². The van der Waals surface area contributed by atoms with Gasteiger partial charge in [-0.25, -0.2) is 18.7 Å².